The average Bonchev–Trinajstić information content (AvgIpc) is 3.24. The van der Waals surface area contributed by atoms with Crippen molar-refractivity contribution in [2.45, 2.75) is 12.1 Å². The summed E-state index contributed by atoms with van der Waals surface area (Å²) < 4.78 is 2.34. The Morgan fingerprint density at radius 3 is 2.62 bits per heavy atom. The molecule has 0 saturated heterocycles. The molecule has 0 spiro atoms. The number of thioether (sulfide) groups is 1. The van der Waals surface area contributed by atoms with Crippen molar-refractivity contribution < 1.29 is 9.59 Å². The third-order valence-corrected chi connectivity index (χ3v) is 6.11. The molecule has 7 nitrogen and oxygen atoms in total. The summed E-state index contributed by atoms with van der Waals surface area (Å²) in [4.78, 5) is 34.2. The van der Waals surface area contributed by atoms with Crippen LogP contribution in [0.15, 0.2) is 78.2 Å². The average molecular weight is 555 g/mol. The minimum absolute atomic E-state index is 0.0820. The van der Waals surface area contributed by atoms with Crippen molar-refractivity contribution >= 4 is 51.9 Å². The monoisotopic (exact) mass is 555 g/mol. The Balaban J connectivity index is 1.57. The highest BCUT2D eigenvalue weighted by Gasteiger charge is 2.20. The molecule has 2 heterocycles. The minimum atomic E-state index is -0.315. The van der Waals surface area contributed by atoms with E-state index in [-0.39, 0.29) is 17.6 Å². The van der Waals surface area contributed by atoms with Gasteiger partial charge in [0.05, 0.1) is 5.75 Å². The summed E-state index contributed by atoms with van der Waals surface area (Å²) in [5.41, 5.74) is 2.91. The summed E-state index contributed by atoms with van der Waals surface area (Å²) in [6.07, 6.45) is 3.29. The van der Waals surface area contributed by atoms with Crippen LogP contribution in [0.3, 0.4) is 0 Å². The lowest BCUT2D eigenvalue weighted by Crippen LogP contribution is -2.18. The van der Waals surface area contributed by atoms with Crippen molar-refractivity contribution in [1.29, 1.82) is 0 Å². The van der Waals surface area contributed by atoms with E-state index in [4.69, 9.17) is 0 Å². The maximum atomic E-state index is 13.1. The summed E-state index contributed by atoms with van der Waals surface area (Å²) in [5.74, 6) is -0.0501. The molecule has 0 fully saturated rings. The Morgan fingerprint density at radius 2 is 1.91 bits per heavy atom. The first kappa shape index (κ1) is 22.2. The van der Waals surface area contributed by atoms with Crippen molar-refractivity contribution in [2.24, 2.45) is 0 Å². The predicted octanol–water partition coefficient (Wildman–Crippen LogP) is 4.67. The van der Waals surface area contributed by atoms with Crippen LogP contribution in [-0.4, -0.2) is 37.3 Å². The van der Waals surface area contributed by atoms with Crippen molar-refractivity contribution in [3.05, 3.63) is 87.8 Å². The fraction of sp³-hybridized carbons (Fsp3) is 0.0870. The number of amides is 1. The van der Waals surface area contributed by atoms with Crippen LogP contribution in [0.25, 0.3) is 11.4 Å². The number of pyridine rings is 1. The van der Waals surface area contributed by atoms with Crippen LogP contribution in [-0.2, 0) is 4.79 Å². The lowest BCUT2D eigenvalue weighted by Gasteiger charge is -2.09. The molecule has 0 saturated carbocycles. The first-order valence-electron chi connectivity index (χ1n) is 9.67. The summed E-state index contributed by atoms with van der Waals surface area (Å²) in [6.45, 7) is 1.94. The maximum absolute atomic E-state index is 13.1. The molecule has 32 heavy (non-hydrogen) atoms. The molecule has 160 valence electrons. The molecule has 2 aromatic carbocycles. The molecule has 0 aliphatic heterocycles. The van der Waals surface area contributed by atoms with Crippen LogP contribution >= 0.6 is 34.4 Å². The number of carbonyl (C=O) groups is 2. The molecule has 0 aliphatic carbocycles. The number of aryl methyl sites for hydroxylation is 1. The van der Waals surface area contributed by atoms with Crippen LogP contribution in [0.4, 0.5) is 5.69 Å². The van der Waals surface area contributed by atoms with Gasteiger partial charge >= 0.3 is 0 Å². The molecule has 4 rings (SSSR count). The van der Waals surface area contributed by atoms with Gasteiger partial charge < -0.3 is 5.32 Å². The van der Waals surface area contributed by atoms with Crippen LogP contribution < -0.4 is 5.32 Å². The van der Waals surface area contributed by atoms with E-state index in [9.17, 15) is 9.59 Å². The third-order valence-electron chi connectivity index (χ3n) is 4.51. The molecule has 4 aromatic rings. The molecule has 9 heteroatoms. The predicted molar refractivity (Wildman–Crippen MR) is 133 cm³/mol. The molecule has 0 unspecified atom stereocenters. The molecule has 0 radical (unpaired) electrons. The van der Waals surface area contributed by atoms with Crippen LogP contribution in [0.5, 0.6) is 0 Å². The van der Waals surface area contributed by atoms with Crippen molar-refractivity contribution in [3.63, 3.8) is 0 Å². The van der Waals surface area contributed by atoms with Gasteiger partial charge in [-0.25, -0.2) is 4.98 Å². The third kappa shape index (κ3) is 5.22. The van der Waals surface area contributed by atoms with E-state index in [0.29, 0.717) is 22.1 Å². The molecule has 1 amide bonds. The lowest BCUT2D eigenvalue weighted by atomic mass is 10.2. The maximum Gasteiger partial charge on any atom is 0.280 e. The van der Waals surface area contributed by atoms with Gasteiger partial charge in [-0.2, -0.15) is 4.68 Å². The van der Waals surface area contributed by atoms with E-state index in [0.717, 1.165) is 26.6 Å². The summed E-state index contributed by atoms with van der Waals surface area (Å²) in [7, 11) is 0. The lowest BCUT2D eigenvalue weighted by molar-refractivity contribution is -0.113. The number of benzene rings is 2. The van der Waals surface area contributed by atoms with Crippen LogP contribution in [0.2, 0.25) is 0 Å². The van der Waals surface area contributed by atoms with Gasteiger partial charge in [0, 0.05) is 32.8 Å². The second-order valence-corrected chi connectivity index (χ2v) is 9.03. The smallest absolute Gasteiger partial charge is 0.280 e. The Bertz CT molecular complexity index is 1260. The van der Waals surface area contributed by atoms with E-state index in [1.807, 2.05) is 37.3 Å². The highest BCUT2D eigenvalue weighted by molar-refractivity contribution is 14.1. The van der Waals surface area contributed by atoms with Crippen LogP contribution in [0.1, 0.15) is 15.9 Å². The molecular weight excluding hydrogens is 537 g/mol. The number of hydrogen-bond acceptors (Lipinski definition) is 6. The van der Waals surface area contributed by atoms with Crippen molar-refractivity contribution in [2.75, 3.05) is 11.1 Å². The number of aromatic nitrogens is 4. The number of nitrogens with zero attached hydrogens (tertiary/aromatic N) is 4. The highest BCUT2D eigenvalue weighted by atomic mass is 127. The van der Waals surface area contributed by atoms with Gasteiger partial charge in [-0.15, -0.1) is 5.10 Å². The Labute approximate surface area is 202 Å². The zero-order valence-electron chi connectivity index (χ0n) is 17.0. The minimum Gasteiger partial charge on any atom is -0.325 e. The highest BCUT2D eigenvalue weighted by Crippen LogP contribution is 2.23. The number of carbonyl (C=O) groups excluding carboxylic acids is 2. The Morgan fingerprint density at radius 1 is 1.09 bits per heavy atom. The number of hydrogen-bond donors (Lipinski definition) is 1. The topological polar surface area (TPSA) is 89.8 Å². The Kier molecular flexibility index (Phi) is 6.96. The Hall–Kier alpha value is -3.05. The van der Waals surface area contributed by atoms with Crippen molar-refractivity contribution in [3.8, 4) is 11.4 Å². The van der Waals surface area contributed by atoms with Crippen molar-refractivity contribution in [1.82, 2.24) is 19.7 Å². The normalized spacial score (nSPS) is 10.7. The summed E-state index contributed by atoms with van der Waals surface area (Å²) in [5, 5.41) is 7.66. The van der Waals surface area contributed by atoms with Gasteiger partial charge in [0.15, 0.2) is 11.0 Å². The fourth-order valence-electron chi connectivity index (χ4n) is 2.93. The van der Waals surface area contributed by atoms with E-state index < -0.39 is 0 Å². The van der Waals surface area contributed by atoms with Crippen LogP contribution in [0, 0.1) is 10.5 Å². The number of halogens is 1. The van der Waals surface area contributed by atoms with Gasteiger partial charge in [-0.05, 0) is 77.5 Å². The van der Waals surface area contributed by atoms with E-state index >= 15 is 0 Å². The van der Waals surface area contributed by atoms with E-state index in [2.05, 4.69) is 43.0 Å². The number of rotatable bonds is 6. The second kappa shape index (κ2) is 10.0. The number of nitrogens with one attached hydrogen (secondary N) is 1. The van der Waals surface area contributed by atoms with Gasteiger partial charge in [0.1, 0.15) is 0 Å². The molecule has 0 atom stereocenters. The molecule has 2 aromatic heterocycles. The first-order valence-corrected chi connectivity index (χ1v) is 11.7. The quantitative estimate of drug-likeness (QED) is 0.275. The molecule has 0 aliphatic rings. The van der Waals surface area contributed by atoms with E-state index in [1.165, 1.54) is 4.68 Å². The number of anilines is 1. The largest absolute Gasteiger partial charge is 0.325 e. The first-order chi connectivity index (χ1) is 15.5. The summed E-state index contributed by atoms with van der Waals surface area (Å²) >= 11 is 3.39. The zero-order chi connectivity index (χ0) is 22.5. The van der Waals surface area contributed by atoms with Gasteiger partial charge in [0.25, 0.3) is 5.91 Å². The van der Waals surface area contributed by atoms with Gasteiger partial charge in [0.2, 0.25) is 5.91 Å². The zero-order valence-corrected chi connectivity index (χ0v) is 20.0. The molecule has 0 bridgehead atoms. The molecular formula is C23H18IN5O2S. The fourth-order valence-corrected chi connectivity index (χ4v) is 4.30. The summed E-state index contributed by atoms with van der Waals surface area (Å²) in [6, 6.07) is 18.3. The van der Waals surface area contributed by atoms with Gasteiger partial charge in [-0.1, -0.05) is 30.0 Å². The van der Waals surface area contributed by atoms with Gasteiger partial charge in [-0.3, -0.25) is 14.6 Å². The molecule has 1 N–H and O–H groups in total. The standard InChI is InChI=1S/C23H18IN5O2S/c1-15-12-18(24)9-10-19(15)26-20(30)14-32-23-27-21(17-8-5-11-25-13-17)28-29(23)22(31)16-6-3-2-4-7-16/h2-13H,14H2,1H3,(H,26,30). The van der Waals surface area contributed by atoms with E-state index in [1.54, 1.807) is 42.7 Å². The second-order valence-electron chi connectivity index (χ2n) is 6.84. The SMILES string of the molecule is Cc1cc(I)ccc1NC(=O)CSc1nc(-c2cccnc2)nn1C(=O)c1ccccc1.